The van der Waals surface area contributed by atoms with Crippen LogP contribution >= 0.6 is 0 Å². The summed E-state index contributed by atoms with van der Waals surface area (Å²) in [4.78, 5) is 20.7. The van der Waals surface area contributed by atoms with Crippen molar-refractivity contribution in [3.8, 4) is 0 Å². The van der Waals surface area contributed by atoms with Gasteiger partial charge in [-0.2, -0.15) is 0 Å². The van der Waals surface area contributed by atoms with E-state index in [-0.39, 0.29) is 50.9 Å². The van der Waals surface area contributed by atoms with E-state index in [1.807, 2.05) is 0 Å². The van der Waals surface area contributed by atoms with Gasteiger partial charge in [0.2, 0.25) is 0 Å². The zero-order valence-corrected chi connectivity index (χ0v) is 18.4. The molecule has 14 heteroatoms. The van der Waals surface area contributed by atoms with E-state index in [9.17, 15) is 20.2 Å². The number of anilines is 4. The first-order chi connectivity index (χ1) is 16.4. The first-order valence-electron chi connectivity index (χ1n) is 10.3. The Kier molecular flexibility index (Phi) is 13.3. The SMILES string of the molecule is O=[N+]([O-])c1cc(NCCO)ccc1NCCO.O=[N+]([O-])c1cc(NCCO)ccc1NCCO. The Balaban J connectivity index is 0.000000340. The van der Waals surface area contributed by atoms with Crippen LogP contribution in [0, 0.1) is 20.2 Å². The maximum Gasteiger partial charge on any atom is 0.294 e. The summed E-state index contributed by atoms with van der Waals surface area (Å²) in [5, 5.41) is 67.5. The molecule has 0 amide bonds. The highest BCUT2D eigenvalue weighted by atomic mass is 16.6. The monoisotopic (exact) mass is 482 g/mol. The second kappa shape index (κ2) is 16.0. The van der Waals surface area contributed by atoms with Crippen molar-refractivity contribution in [3.05, 3.63) is 56.6 Å². The van der Waals surface area contributed by atoms with Gasteiger partial charge in [-0.1, -0.05) is 0 Å². The molecule has 2 rings (SSSR count). The number of hydrogen-bond acceptors (Lipinski definition) is 12. The molecule has 0 unspecified atom stereocenters. The normalized spacial score (nSPS) is 10.0. The number of rotatable bonds is 14. The molecule has 8 N–H and O–H groups in total. The Hall–Kier alpha value is -3.72. The second-order valence-electron chi connectivity index (χ2n) is 6.58. The standard InChI is InChI=1S/2C10H15N3O4/c2*14-5-3-11-8-1-2-9(12-4-6-15)10(7-8)13(16)17/h2*1-2,7,11-12,14-15H,3-6H2. The largest absolute Gasteiger partial charge is 0.395 e. The average Bonchev–Trinajstić information content (AvgIpc) is 2.84. The summed E-state index contributed by atoms with van der Waals surface area (Å²) in [6.07, 6.45) is 0. The third-order valence-electron chi connectivity index (χ3n) is 4.13. The van der Waals surface area contributed by atoms with Gasteiger partial charge in [-0.05, 0) is 24.3 Å². The molecule has 0 heterocycles. The van der Waals surface area contributed by atoms with Gasteiger partial charge >= 0.3 is 0 Å². The molecule has 0 radical (unpaired) electrons. The van der Waals surface area contributed by atoms with E-state index in [0.717, 1.165) is 0 Å². The molecule has 2 aromatic carbocycles. The lowest BCUT2D eigenvalue weighted by Crippen LogP contribution is -2.09. The fourth-order valence-corrected chi connectivity index (χ4v) is 2.67. The van der Waals surface area contributed by atoms with Crippen LogP contribution in [0.4, 0.5) is 34.1 Å². The van der Waals surface area contributed by atoms with Crippen molar-refractivity contribution in [2.45, 2.75) is 0 Å². The molecule has 0 fully saturated rings. The summed E-state index contributed by atoms with van der Waals surface area (Å²) in [6, 6.07) is 9.23. The quantitative estimate of drug-likeness (QED) is 0.139. The number of hydrogen-bond donors (Lipinski definition) is 8. The Bertz CT molecular complexity index is 841. The Morgan fingerprint density at radius 2 is 0.912 bits per heavy atom. The van der Waals surface area contributed by atoms with E-state index < -0.39 is 9.85 Å². The highest BCUT2D eigenvalue weighted by Crippen LogP contribution is 2.28. The molecule has 0 aliphatic carbocycles. The third-order valence-corrected chi connectivity index (χ3v) is 4.13. The molecule has 34 heavy (non-hydrogen) atoms. The molecule has 0 bridgehead atoms. The van der Waals surface area contributed by atoms with E-state index in [1.165, 1.54) is 12.1 Å². The van der Waals surface area contributed by atoms with Crippen LogP contribution in [0.5, 0.6) is 0 Å². The van der Waals surface area contributed by atoms with E-state index in [2.05, 4.69) is 21.3 Å². The summed E-state index contributed by atoms with van der Waals surface area (Å²) < 4.78 is 0. The van der Waals surface area contributed by atoms with Gasteiger partial charge in [0.05, 0.1) is 36.3 Å². The smallest absolute Gasteiger partial charge is 0.294 e. The summed E-state index contributed by atoms with van der Waals surface area (Å²) in [7, 11) is 0. The fourth-order valence-electron chi connectivity index (χ4n) is 2.67. The average molecular weight is 482 g/mol. The number of nitro benzene ring substituents is 2. The van der Waals surface area contributed by atoms with Crippen molar-refractivity contribution in [1.82, 2.24) is 0 Å². The molecule has 188 valence electrons. The third kappa shape index (κ3) is 9.83. The van der Waals surface area contributed by atoms with Crippen LogP contribution in [0.15, 0.2) is 36.4 Å². The number of nitro groups is 2. The van der Waals surface area contributed by atoms with Crippen LogP contribution in [0.3, 0.4) is 0 Å². The van der Waals surface area contributed by atoms with Crippen molar-refractivity contribution in [2.24, 2.45) is 0 Å². The number of aliphatic hydroxyl groups is 4. The summed E-state index contributed by atoms with van der Waals surface area (Å²) >= 11 is 0. The molecule has 0 aromatic heterocycles. The fraction of sp³-hybridized carbons (Fsp3) is 0.400. The molecule has 0 saturated heterocycles. The van der Waals surface area contributed by atoms with Crippen LogP contribution in [0.2, 0.25) is 0 Å². The van der Waals surface area contributed by atoms with Gasteiger partial charge in [0.15, 0.2) is 0 Å². The van der Waals surface area contributed by atoms with Crippen molar-refractivity contribution >= 4 is 34.1 Å². The maximum atomic E-state index is 10.8. The molecule has 0 aliphatic rings. The summed E-state index contributed by atoms with van der Waals surface area (Å²) in [5.41, 5.74) is 1.72. The van der Waals surface area contributed by atoms with E-state index in [1.54, 1.807) is 24.3 Å². The summed E-state index contributed by atoms with van der Waals surface area (Å²) in [6.45, 7) is 0.898. The predicted octanol–water partition coefficient (Wildman–Crippen LogP) is 0.806. The Labute approximate surface area is 195 Å². The zero-order chi connectivity index (χ0) is 25.3. The Morgan fingerprint density at radius 3 is 1.21 bits per heavy atom. The first kappa shape index (κ1) is 28.3. The number of benzene rings is 2. The van der Waals surface area contributed by atoms with Gasteiger partial charge in [0.25, 0.3) is 11.4 Å². The van der Waals surface area contributed by atoms with Gasteiger partial charge in [0, 0.05) is 49.7 Å². The van der Waals surface area contributed by atoms with E-state index in [4.69, 9.17) is 20.4 Å². The van der Waals surface area contributed by atoms with Gasteiger partial charge in [-0.25, -0.2) is 0 Å². The number of aliphatic hydroxyl groups excluding tert-OH is 4. The maximum absolute atomic E-state index is 10.8. The zero-order valence-electron chi connectivity index (χ0n) is 18.4. The Morgan fingerprint density at radius 1 is 0.588 bits per heavy atom. The number of nitrogens with zero attached hydrogens (tertiary/aromatic N) is 2. The minimum atomic E-state index is -0.496. The lowest BCUT2D eigenvalue weighted by atomic mass is 10.2. The van der Waals surface area contributed by atoms with Gasteiger partial charge in [0.1, 0.15) is 11.4 Å². The van der Waals surface area contributed by atoms with Crippen LogP contribution in [-0.4, -0.2) is 82.9 Å². The lowest BCUT2D eigenvalue weighted by Gasteiger charge is -2.08. The minimum absolute atomic E-state index is 0.0433. The molecule has 0 aliphatic heterocycles. The van der Waals surface area contributed by atoms with E-state index in [0.29, 0.717) is 35.8 Å². The van der Waals surface area contributed by atoms with E-state index >= 15 is 0 Å². The van der Waals surface area contributed by atoms with Crippen LogP contribution < -0.4 is 21.3 Å². The van der Waals surface area contributed by atoms with Crippen LogP contribution in [0.1, 0.15) is 0 Å². The second-order valence-corrected chi connectivity index (χ2v) is 6.58. The highest BCUT2D eigenvalue weighted by molar-refractivity contribution is 5.68. The molecule has 0 saturated carbocycles. The van der Waals surface area contributed by atoms with Crippen molar-refractivity contribution in [1.29, 1.82) is 0 Å². The molecule has 2 aromatic rings. The van der Waals surface area contributed by atoms with Crippen LogP contribution in [0.25, 0.3) is 0 Å². The van der Waals surface area contributed by atoms with Gasteiger partial charge in [-0.15, -0.1) is 0 Å². The molecule has 0 atom stereocenters. The van der Waals surface area contributed by atoms with Crippen molar-refractivity contribution in [2.75, 3.05) is 73.9 Å². The molecule has 14 nitrogen and oxygen atoms in total. The predicted molar refractivity (Wildman–Crippen MR) is 128 cm³/mol. The number of nitrogens with one attached hydrogen (secondary N) is 4. The topological polar surface area (TPSA) is 215 Å². The van der Waals surface area contributed by atoms with Crippen LogP contribution in [-0.2, 0) is 0 Å². The highest BCUT2D eigenvalue weighted by Gasteiger charge is 2.15. The van der Waals surface area contributed by atoms with Crippen molar-refractivity contribution < 1.29 is 30.3 Å². The molecular weight excluding hydrogens is 452 g/mol. The molecule has 0 spiro atoms. The minimum Gasteiger partial charge on any atom is -0.395 e. The summed E-state index contributed by atoms with van der Waals surface area (Å²) in [5.74, 6) is 0. The first-order valence-corrected chi connectivity index (χ1v) is 10.3. The van der Waals surface area contributed by atoms with Gasteiger partial charge in [-0.3, -0.25) is 20.2 Å². The van der Waals surface area contributed by atoms with Crippen molar-refractivity contribution in [3.63, 3.8) is 0 Å². The molecular formula is C20H30N6O8. The lowest BCUT2D eigenvalue weighted by molar-refractivity contribution is -0.384. The van der Waals surface area contributed by atoms with Gasteiger partial charge < -0.3 is 41.7 Å².